The van der Waals surface area contributed by atoms with Gasteiger partial charge in [-0.15, -0.1) is 0 Å². The van der Waals surface area contributed by atoms with Crippen LogP contribution in [-0.2, 0) is 19.6 Å². The number of amides is 1. The Hall–Kier alpha value is -2.29. The van der Waals surface area contributed by atoms with Crippen molar-refractivity contribution in [3.05, 3.63) is 59.9 Å². The molecular formula is C20H21FN2O4S. The molecule has 2 aromatic rings. The Morgan fingerprint density at radius 3 is 2.61 bits per heavy atom. The van der Waals surface area contributed by atoms with Crippen molar-refractivity contribution in [2.75, 3.05) is 31.6 Å². The lowest BCUT2D eigenvalue weighted by Gasteiger charge is -2.26. The number of carbonyl (C=O) groups is 1. The van der Waals surface area contributed by atoms with Crippen LogP contribution in [0, 0.1) is 11.7 Å². The predicted molar refractivity (Wildman–Crippen MR) is 102 cm³/mol. The number of halogens is 1. The Kier molecular flexibility index (Phi) is 5.18. The van der Waals surface area contributed by atoms with Gasteiger partial charge in [0.15, 0.2) is 0 Å². The van der Waals surface area contributed by atoms with Gasteiger partial charge in [-0.2, -0.15) is 4.31 Å². The fourth-order valence-electron chi connectivity index (χ4n) is 3.51. The van der Waals surface area contributed by atoms with Gasteiger partial charge in [-0.3, -0.25) is 4.79 Å². The van der Waals surface area contributed by atoms with Crippen LogP contribution >= 0.6 is 0 Å². The molecule has 1 saturated carbocycles. The maximum atomic E-state index is 13.9. The second-order valence-electron chi connectivity index (χ2n) is 7.00. The van der Waals surface area contributed by atoms with E-state index >= 15 is 0 Å². The highest BCUT2D eigenvalue weighted by molar-refractivity contribution is 7.89. The van der Waals surface area contributed by atoms with Gasteiger partial charge in [0, 0.05) is 24.7 Å². The zero-order chi connectivity index (χ0) is 19.7. The standard InChI is InChI=1S/C20H21FN2O4S/c21-19-7-2-1-6-16(19)17-13-18(17)20(24)22-14-4-3-5-15(12-14)28(25,26)23-8-10-27-11-9-23/h1-7,12,17-18H,8-11,13H2,(H,22,24). The van der Waals surface area contributed by atoms with Gasteiger partial charge in [-0.05, 0) is 42.2 Å². The van der Waals surface area contributed by atoms with Crippen LogP contribution < -0.4 is 5.32 Å². The van der Waals surface area contributed by atoms with Gasteiger partial charge in [-0.1, -0.05) is 24.3 Å². The number of anilines is 1. The number of benzene rings is 2. The summed E-state index contributed by atoms with van der Waals surface area (Å²) in [5.74, 6) is -0.978. The second-order valence-corrected chi connectivity index (χ2v) is 8.94. The number of carbonyl (C=O) groups excluding carboxylic acids is 1. The summed E-state index contributed by atoms with van der Waals surface area (Å²) in [4.78, 5) is 12.7. The first kappa shape index (κ1) is 19.0. The lowest BCUT2D eigenvalue weighted by atomic mass is 10.1. The summed E-state index contributed by atoms with van der Waals surface area (Å²) in [6.45, 7) is 1.36. The highest BCUT2D eigenvalue weighted by Gasteiger charge is 2.45. The monoisotopic (exact) mass is 404 g/mol. The number of hydrogen-bond acceptors (Lipinski definition) is 4. The van der Waals surface area contributed by atoms with Crippen molar-refractivity contribution in [3.8, 4) is 0 Å². The summed E-state index contributed by atoms with van der Waals surface area (Å²) in [7, 11) is -3.63. The fourth-order valence-corrected chi connectivity index (χ4v) is 4.96. The van der Waals surface area contributed by atoms with Gasteiger partial charge >= 0.3 is 0 Å². The van der Waals surface area contributed by atoms with E-state index < -0.39 is 10.0 Å². The van der Waals surface area contributed by atoms with Gasteiger partial charge in [0.1, 0.15) is 5.82 Å². The average molecular weight is 404 g/mol. The van der Waals surface area contributed by atoms with E-state index in [4.69, 9.17) is 4.74 Å². The lowest BCUT2D eigenvalue weighted by Crippen LogP contribution is -2.40. The fraction of sp³-hybridized carbons (Fsp3) is 0.350. The highest BCUT2D eigenvalue weighted by atomic mass is 32.2. The summed E-state index contributed by atoms with van der Waals surface area (Å²) < 4.78 is 46.0. The van der Waals surface area contributed by atoms with Crippen LogP contribution in [0.1, 0.15) is 17.9 Å². The van der Waals surface area contributed by atoms with Crippen LogP contribution in [0.25, 0.3) is 0 Å². The minimum atomic E-state index is -3.63. The topological polar surface area (TPSA) is 75.7 Å². The van der Waals surface area contributed by atoms with E-state index in [1.54, 1.807) is 30.3 Å². The molecule has 148 valence electrons. The van der Waals surface area contributed by atoms with Crippen LogP contribution in [0.4, 0.5) is 10.1 Å². The van der Waals surface area contributed by atoms with Crippen LogP contribution in [0.5, 0.6) is 0 Å². The van der Waals surface area contributed by atoms with Crippen molar-refractivity contribution in [3.63, 3.8) is 0 Å². The van der Waals surface area contributed by atoms with Gasteiger partial charge in [0.25, 0.3) is 0 Å². The van der Waals surface area contributed by atoms with Crippen molar-refractivity contribution < 1.29 is 22.3 Å². The molecule has 2 atom stereocenters. The Bertz CT molecular complexity index is 989. The maximum Gasteiger partial charge on any atom is 0.243 e. The Morgan fingerprint density at radius 2 is 1.86 bits per heavy atom. The number of morpholine rings is 1. The van der Waals surface area contributed by atoms with E-state index in [1.807, 2.05) is 0 Å². The average Bonchev–Trinajstić information content (AvgIpc) is 3.50. The van der Waals surface area contributed by atoms with Crippen molar-refractivity contribution >= 4 is 21.6 Å². The molecule has 0 aromatic heterocycles. The van der Waals surface area contributed by atoms with Gasteiger partial charge in [0.2, 0.25) is 15.9 Å². The minimum Gasteiger partial charge on any atom is -0.379 e. The van der Waals surface area contributed by atoms with Crippen molar-refractivity contribution in [2.45, 2.75) is 17.2 Å². The zero-order valence-corrected chi connectivity index (χ0v) is 16.0. The molecule has 6 nitrogen and oxygen atoms in total. The van der Waals surface area contributed by atoms with Crippen molar-refractivity contribution in [2.24, 2.45) is 5.92 Å². The van der Waals surface area contributed by atoms with E-state index in [1.165, 1.54) is 22.5 Å². The lowest BCUT2D eigenvalue weighted by molar-refractivity contribution is -0.117. The third-order valence-corrected chi connectivity index (χ3v) is 7.04. The molecule has 1 saturated heterocycles. The molecule has 1 aliphatic heterocycles. The molecule has 2 aliphatic rings. The SMILES string of the molecule is O=C(Nc1cccc(S(=O)(=O)N2CCOCC2)c1)C1CC1c1ccccc1F. The smallest absolute Gasteiger partial charge is 0.243 e. The number of hydrogen-bond donors (Lipinski definition) is 1. The molecule has 1 aliphatic carbocycles. The quantitative estimate of drug-likeness (QED) is 0.831. The molecule has 4 rings (SSSR count). The minimum absolute atomic E-state index is 0.133. The molecule has 0 spiro atoms. The molecule has 2 unspecified atom stereocenters. The summed E-state index contributed by atoms with van der Waals surface area (Å²) in [6, 6.07) is 12.7. The number of nitrogens with one attached hydrogen (secondary N) is 1. The Balaban J connectivity index is 1.45. The molecular weight excluding hydrogens is 383 g/mol. The number of rotatable bonds is 5. The van der Waals surface area contributed by atoms with Gasteiger partial charge < -0.3 is 10.1 Å². The maximum absolute atomic E-state index is 13.9. The van der Waals surface area contributed by atoms with E-state index in [0.29, 0.717) is 44.0 Å². The van der Waals surface area contributed by atoms with Crippen LogP contribution in [0.15, 0.2) is 53.4 Å². The molecule has 0 radical (unpaired) electrons. The molecule has 0 bridgehead atoms. The first-order valence-electron chi connectivity index (χ1n) is 9.20. The molecule has 28 heavy (non-hydrogen) atoms. The number of nitrogens with zero attached hydrogens (tertiary/aromatic N) is 1. The van der Waals surface area contributed by atoms with Crippen LogP contribution in [-0.4, -0.2) is 44.9 Å². The normalized spacial score (nSPS) is 22.6. The summed E-state index contributed by atoms with van der Waals surface area (Å²) in [6.07, 6.45) is 0.582. The molecule has 2 fully saturated rings. The third-order valence-electron chi connectivity index (χ3n) is 5.14. The van der Waals surface area contributed by atoms with Gasteiger partial charge in [-0.25, -0.2) is 12.8 Å². The van der Waals surface area contributed by atoms with Crippen LogP contribution in [0.3, 0.4) is 0 Å². The summed E-state index contributed by atoms with van der Waals surface area (Å²) >= 11 is 0. The zero-order valence-electron chi connectivity index (χ0n) is 15.2. The number of ether oxygens (including phenoxy) is 1. The predicted octanol–water partition coefficient (Wildman–Crippen LogP) is 2.59. The molecule has 1 heterocycles. The molecule has 1 amide bonds. The number of sulfonamides is 1. The van der Waals surface area contributed by atoms with E-state index in [9.17, 15) is 17.6 Å². The molecule has 8 heteroatoms. The third kappa shape index (κ3) is 3.80. The Morgan fingerprint density at radius 1 is 1.11 bits per heavy atom. The van der Waals surface area contributed by atoms with E-state index in [0.717, 1.165) is 0 Å². The summed E-state index contributed by atoms with van der Waals surface area (Å²) in [5, 5.41) is 2.77. The van der Waals surface area contributed by atoms with Crippen molar-refractivity contribution in [1.82, 2.24) is 4.31 Å². The first-order valence-corrected chi connectivity index (χ1v) is 10.6. The first-order chi connectivity index (χ1) is 13.5. The highest BCUT2D eigenvalue weighted by Crippen LogP contribution is 2.48. The van der Waals surface area contributed by atoms with Crippen molar-refractivity contribution in [1.29, 1.82) is 0 Å². The van der Waals surface area contributed by atoms with Crippen LogP contribution in [0.2, 0.25) is 0 Å². The largest absolute Gasteiger partial charge is 0.379 e. The van der Waals surface area contributed by atoms with E-state index in [2.05, 4.69) is 5.32 Å². The van der Waals surface area contributed by atoms with Gasteiger partial charge in [0.05, 0.1) is 18.1 Å². The molecule has 1 N–H and O–H groups in total. The Labute approximate surface area is 163 Å². The summed E-state index contributed by atoms with van der Waals surface area (Å²) in [5.41, 5.74) is 0.963. The van der Waals surface area contributed by atoms with E-state index in [-0.39, 0.29) is 28.5 Å². The molecule has 2 aromatic carbocycles. The second kappa shape index (κ2) is 7.62.